The van der Waals surface area contributed by atoms with E-state index in [-0.39, 0.29) is 6.42 Å². The van der Waals surface area contributed by atoms with Crippen molar-refractivity contribution in [3.8, 4) is 0 Å². The minimum atomic E-state index is -4.43. The molecule has 5 nitrogen and oxygen atoms in total. The van der Waals surface area contributed by atoms with Gasteiger partial charge in [0, 0.05) is 0 Å². The SMILES string of the molecule is CCC(C(=O)O)P(=O)(O)O.CCCCP. The first-order valence-electron chi connectivity index (χ1n) is 4.79. The van der Waals surface area contributed by atoms with Crippen LogP contribution in [0.5, 0.6) is 0 Å². The smallest absolute Gasteiger partial charge is 0.339 e. The normalized spacial score (nSPS) is 12.6. The average Bonchev–Trinajstić information content (AvgIpc) is 2.04. The van der Waals surface area contributed by atoms with Gasteiger partial charge in [0.15, 0.2) is 5.66 Å². The van der Waals surface area contributed by atoms with Gasteiger partial charge >= 0.3 is 13.6 Å². The van der Waals surface area contributed by atoms with Gasteiger partial charge in [0.1, 0.15) is 0 Å². The molecule has 2 atom stereocenters. The summed E-state index contributed by atoms with van der Waals surface area (Å²) in [5.41, 5.74) is -1.55. The van der Waals surface area contributed by atoms with Gasteiger partial charge in [-0.1, -0.05) is 26.7 Å². The number of hydrogen-bond acceptors (Lipinski definition) is 2. The van der Waals surface area contributed by atoms with Gasteiger partial charge in [-0.3, -0.25) is 9.36 Å². The molecule has 3 N–H and O–H groups in total. The summed E-state index contributed by atoms with van der Waals surface area (Å²) in [5, 5.41) is 8.22. The van der Waals surface area contributed by atoms with Crippen LogP contribution in [0.4, 0.5) is 0 Å². The molecule has 0 aromatic rings. The van der Waals surface area contributed by atoms with Crippen molar-refractivity contribution in [2.75, 3.05) is 6.16 Å². The fourth-order valence-corrected chi connectivity index (χ4v) is 1.93. The fourth-order valence-electron chi connectivity index (χ4n) is 0.760. The number of carboxylic acids is 1. The Bertz CT molecular complexity index is 211. The van der Waals surface area contributed by atoms with E-state index >= 15 is 0 Å². The predicted molar refractivity (Wildman–Crippen MR) is 63.2 cm³/mol. The van der Waals surface area contributed by atoms with Gasteiger partial charge in [-0.2, -0.15) is 0 Å². The van der Waals surface area contributed by atoms with Crippen molar-refractivity contribution < 1.29 is 24.3 Å². The van der Waals surface area contributed by atoms with E-state index in [0.717, 1.165) is 0 Å². The molecule has 0 aliphatic heterocycles. The minimum Gasteiger partial charge on any atom is -0.481 e. The van der Waals surface area contributed by atoms with Gasteiger partial charge in [-0.25, -0.2) is 0 Å². The van der Waals surface area contributed by atoms with Crippen LogP contribution in [0.25, 0.3) is 0 Å². The van der Waals surface area contributed by atoms with Crippen molar-refractivity contribution in [3.05, 3.63) is 0 Å². The van der Waals surface area contributed by atoms with Crippen LogP contribution in [-0.2, 0) is 9.36 Å². The summed E-state index contributed by atoms with van der Waals surface area (Å²) in [6.07, 6.45) is 3.88. The lowest BCUT2D eigenvalue weighted by Gasteiger charge is -2.10. The van der Waals surface area contributed by atoms with E-state index in [1.165, 1.54) is 25.9 Å². The molecule has 0 aromatic carbocycles. The van der Waals surface area contributed by atoms with Crippen LogP contribution in [-0.4, -0.2) is 32.7 Å². The molecule has 92 valence electrons. The number of unbranched alkanes of at least 4 members (excludes halogenated alkanes) is 1. The summed E-state index contributed by atoms with van der Waals surface area (Å²) >= 11 is 0. The van der Waals surface area contributed by atoms with Gasteiger partial charge in [0.2, 0.25) is 0 Å². The van der Waals surface area contributed by atoms with Crippen molar-refractivity contribution in [2.24, 2.45) is 0 Å². The van der Waals surface area contributed by atoms with Crippen molar-refractivity contribution in [1.82, 2.24) is 0 Å². The van der Waals surface area contributed by atoms with E-state index in [9.17, 15) is 9.36 Å². The zero-order valence-electron chi connectivity index (χ0n) is 9.09. The van der Waals surface area contributed by atoms with Crippen molar-refractivity contribution in [3.63, 3.8) is 0 Å². The molecule has 0 bridgehead atoms. The molecule has 0 aliphatic rings. The Morgan fingerprint density at radius 1 is 1.40 bits per heavy atom. The van der Waals surface area contributed by atoms with Crippen LogP contribution >= 0.6 is 16.8 Å². The Balaban J connectivity index is 0. The lowest BCUT2D eigenvalue weighted by molar-refractivity contribution is -0.136. The average molecular weight is 258 g/mol. The Labute approximate surface area is 92.6 Å². The van der Waals surface area contributed by atoms with Crippen molar-refractivity contribution in [2.45, 2.75) is 38.8 Å². The number of aliphatic carboxylic acids is 1. The second-order valence-corrected chi connectivity index (χ2v) is 5.37. The third kappa shape index (κ3) is 10.3. The molecule has 0 fully saturated rings. The Hall–Kier alpha value is 0.0500. The largest absolute Gasteiger partial charge is 0.481 e. The molecule has 0 aliphatic carbocycles. The third-order valence-electron chi connectivity index (χ3n) is 1.64. The Morgan fingerprint density at radius 2 is 1.87 bits per heavy atom. The van der Waals surface area contributed by atoms with Gasteiger partial charge in [0.25, 0.3) is 0 Å². The van der Waals surface area contributed by atoms with Gasteiger partial charge in [-0.15, -0.1) is 9.24 Å². The second-order valence-electron chi connectivity index (χ2n) is 2.99. The molecule has 0 saturated heterocycles. The van der Waals surface area contributed by atoms with Crippen LogP contribution in [0, 0.1) is 0 Å². The summed E-state index contributed by atoms with van der Waals surface area (Å²) in [5.74, 6) is -1.45. The van der Waals surface area contributed by atoms with Crippen molar-refractivity contribution >= 4 is 22.8 Å². The van der Waals surface area contributed by atoms with Crippen LogP contribution < -0.4 is 0 Å². The first-order chi connectivity index (χ1) is 6.81. The fraction of sp³-hybridized carbons (Fsp3) is 0.875. The molecule has 15 heavy (non-hydrogen) atoms. The van der Waals surface area contributed by atoms with Crippen LogP contribution in [0.15, 0.2) is 0 Å². The summed E-state index contributed by atoms with van der Waals surface area (Å²) in [6.45, 7) is 3.61. The molecule has 0 spiro atoms. The quantitative estimate of drug-likeness (QED) is 0.652. The third-order valence-corrected chi connectivity index (χ3v) is 3.44. The van der Waals surface area contributed by atoms with Gasteiger partial charge < -0.3 is 14.9 Å². The predicted octanol–water partition coefficient (Wildman–Crippen LogP) is 1.69. The zero-order chi connectivity index (χ0) is 12.5. The maximum Gasteiger partial charge on any atom is 0.339 e. The topological polar surface area (TPSA) is 94.8 Å². The number of carboxylic acid groups (broad SMARTS) is 1. The number of carbonyl (C=O) groups is 1. The summed E-state index contributed by atoms with van der Waals surface area (Å²) in [7, 11) is -1.73. The van der Waals surface area contributed by atoms with Gasteiger partial charge in [-0.05, 0) is 12.6 Å². The lowest BCUT2D eigenvalue weighted by Crippen LogP contribution is -2.18. The van der Waals surface area contributed by atoms with Crippen molar-refractivity contribution in [1.29, 1.82) is 0 Å². The molecule has 0 aromatic heterocycles. The van der Waals surface area contributed by atoms with E-state index < -0.39 is 19.2 Å². The molecule has 0 rings (SSSR count). The summed E-state index contributed by atoms with van der Waals surface area (Å²) in [4.78, 5) is 26.8. The molecule has 7 heteroatoms. The maximum absolute atomic E-state index is 10.3. The molecule has 0 saturated carbocycles. The minimum absolute atomic E-state index is 0.0559. The van der Waals surface area contributed by atoms with E-state index in [2.05, 4.69) is 16.2 Å². The standard InChI is InChI=1S/C4H9O5P.C4H11P/c1-2-3(4(5)6)10(7,8)9;1-2-3-4-5/h3H,2H2,1H3,(H,5,6)(H2,7,8,9);2-5H2,1H3. The molecule has 2 unspecified atom stereocenters. The molecular formula is C8H20O5P2. The number of hydrogen-bond donors (Lipinski definition) is 3. The molecular weight excluding hydrogens is 238 g/mol. The van der Waals surface area contributed by atoms with E-state index in [4.69, 9.17) is 14.9 Å². The second kappa shape index (κ2) is 9.29. The highest BCUT2D eigenvalue weighted by Crippen LogP contribution is 2.42. The highest BCUT2D eigenvalue weighted by molar-refractivity contribution is 7.53. The highest BCUT2D eigenvalue weighted by Gasteiger charge is 2.33. The Morgan fingerprint density at radius 3 is 1.87 bits per heavy atom. The Kier molecular flexibility index (Phi) is 10.8. The zero-order valence-corrected chi connectivity index (χ0v) is 11.1. The first-order valence-corrected chi connectivity index (χ1v) is 7.29. The monoisotopic (exact) mass is 258 g/mol. The van der Waals surface area contributed by atoms with Crippen LogP contribution in [0.1, 0.15) is 33.1 Å². The van der Waals surface area contributed by atoms with Crippen LogP contribution in [0.3, 0.4) is 0 Å². The first kappa shape index (κ1) is 17.4. The number of rotatable bonds is 5. The molecule has 0 heterocycles. The van der Waals surface area contributed by atoms with E-state index in [1.54, 1.807) is 0 Å². The van der Waals surface area contributed by atoms with Gasteiger partial charge in [0.05, 0.1) is 0 Å². The lowest BCUT2D eigenvalue weighted by atomic mass is 10.3. The molecule has 0 radical (unpaired) electrons. The van der Waals surface area contributed by atoms with Crippen LogP contribution in [0.2, 0.25) is 0 Å². The highest BCUT2D eigenvalue weighted by atomic mass is 31.2. The summed E-state index contributed by atoms with van der Waals surface area (Å²) in [6, 6.07) is 0. The maximum atomic E-state index is 10.3. The summed E-state index contributed by atoms with van der Waals surface area (Å²) < 4.78 is 10.3. The van der Waals surface area contributed by atoms with E-state index in [0.29, 0.717) is 0 Å². The van der Waals surface area contributed by atoms with E-state index in [1.807, 2.05) is 0 Å². The molecule has 0 amide bonds.